The number of thiol groups is 1. The molecule has 0 atom stereocenters. The molecule has 1 aliphatic heterocycles. The van der Waals surface area contributed by atoms with Crippen LogP contribution in [0.1, 0.15) is 28.4 Å². The molecule has 13 heteroatoms. The van der Waals surface area contributed by atoms with Gasteiger partial charge in [-0.2, -0.15) is 9.35 Å². The summed E-state index contributed by atoms with van der Waals surface area (Å²) >= 11 is 1.87. The largest absolute Gasteiger partial charge is 0.478 e. The van der Waals surface area contributed by atoms with Crippen LogP contribution in [0.2, 0.25) is 0 Å². The van der Waals surface area contributed by atoms with Crippen LogP contribution in [-0.2, 0) is 9.59 Å². The summed E-state index contributed by atoms with van der Waals surface area (Å²) in [5.41, 5.74) is -1.11. The van der Waals surface area contributed by atoms with Gasteiger partial charge in [-0.1, -0.05) is 31.3 Å². The summed E-state index contributed by atoms with van der Waals surface area (Å²) in [5, 5.41) is 35.5. The number of thiophene rings is 2. The van der Waals surface area contributed by atoms with E-state index in [-0.39, 0.29) is 31.3 Å². The van der Waals surface area contributed by atoms with Gasteiger partial charge >= 0.3 is 16.9 Å². The Balaban J connectivity index is 2.44. The van der Waals surface area contributed by atoms with E-state index in [0.717, 1.165) is 22.7 Å². The number of rotatable bonds is 9. The van der Waals surface area contributed by atoms with Crippen LogP contribution in [-0.4, -0.2) is 51.2 Å². The standard InChI is InChI=1S/C20H21N3O7S3/c1-4-33(5-2,21-3)16(11-8-9-13(32-11)23(29)30)14(19(25)26)15(20(27)28)18(33)22-17(24)12-7-6-10-31-12/h6-10,33H,3-5H2,1-2H3,(H,22,24)(H,25,26)(H,27,28). The highest BCUT2D eigenvalue weighted by atomic mass is 32.3. The number of hydrogen-bond donors (Lipinski definition) is 4. The van der Waals surface area contributed by atoms with Gasteiger partial charge in [0.2, 0.25) is 0 Å². The first-order valence-electron chi connectivity index (χ1n) is 9.62. The van der Waals surface area contributed by atoms with Crippen LogP contribution in [0.4, 0.5) is 5.00 Å². The Morgan fingerprint density at radius 1 is 1.15 bits per heavy atom. The molecule has 3 rings (SSSR count). The van der Waals surface area contributed by atoms with E-state index in [1.54, 1.807) is 31.4 Å². The van der Waals surface area contributed by atoms with Crippen LogP contribution in [0.3, 0.4) is 0 Å². The maximum atomic E-state index is 13.0. The Morgan fingerprint density at radius 2 is 1.79 bits per heavy atom. The van der Waals surface area contributed by atoms with E-state index in [9.17, 15) is 34.7 Å². The Morgan fingerprint density at radius 3 is 2.21 bits per heavy atom. The Bertz CT molecular complexity index is 1250. The van der Waals surface area contributed by atoms with Crippen molar-refractivity contribution in [2.45, 2.75) is 13.8 Å². The van der Waals surface area contributed by atoms with Crippen molar-refractivity contribution in [3.05, 3.63) is 65.7 Å². The second-order valence-corrected chi connectivity index (χ2v) is 14.5. The molecule has 0 aromatic carbocycles. The van der Waals surface area contributed by atoms with Crippen LogP contribution in [0.5, 0.6) is 0 Å². The SMILES string of the molecule is C=N[SH]1(CC)(CC)C(NC(=O)c2cccs2)=C(C(=O)O)C(C(=O)O)=C1c1ccc([N+](=O)[O-])s1. The summed E-state index contributed by atoms with van der Waals surface area (Å²) < 4.78 is 4.44. The molecule has 0 unspecified atom stereocenters. The first-order valence-corrected chi connectivity index (χ1v) is 13.9. The molecule has 2 aromatic heterocycles. The predicted octanol–water partition coefficient (Wildman–Crippen LogP) is 3.98. The summed E-state index contributed by atoms with van der Waals surface area (Å²) in [4.78, 5) is 49.2. The fourth-order valence-electron chi connectivity index (χ4n) is 4.20. The van der Waals surface area contributed by atoms with Gasteiger partial charge < -0.3 is 15.5 Å². The normalized spacial score (nSPS) is 17.8. The molecule has 0 aliphatic carbocycles. The molecule has 1 amide bonds. The fourth-order valence-corrected chi connectivity index (χ4v) is 11.4. The lowest BCUT2D eigenvalue weighted by Gasteiger charge is -2.57. The highest BCUT2D eigenvalue weighted by Gasteiger charge is 2.56. The minimum absolute atomic E-state index is 0.0876. The van der Waals surface area contributed by atoms with Crippen LogP contribution < -0.4 is 5.32 Å². The lowest BCUT2D eigenvalue weighted by molar-refractivity contribution is -0.380. The number of carboxylic acid groups (broad SMARTS) is 2. The third kappa shape index (κ3) is 3.48. The molecule has 0 saturated heterocycles. The molecular weight excluding hydrogens is 490 g/mol. The van der Waals surface area contributed by atoms with Crippen LogP contribution >= 0.6 is 32.0 Å². The van der Waals surface area contributed by atoms with Crippen molar-refractivity contribution in [2.24, 2.45) is 4.40 Å². The number of nitro groups is 1. The number of carbonyl (C=O) groups excluding carboxylic acids is 1. The van der Waals surface area contributed by atoms with E-state index in [2.05, 4.69) is 16.4 Å². The lowest BCUT2D eigenvalue weighted by atomic mass is 10.1. The topological polar surface area (TPSA) is 159 Å². The average Bonchev–Trinajstić information content (AvgIpc) is 3.51. The number of nitrogens with one attached hydrogen (secondary N) is 1. The summed E-state index contributed by atoms with van der Waals surface area (Å²) in [7, 11) is -4.09. The number of hydrogen-bond acceptors (Lipinski definition) is 8. The monoisotopic (exact) mass is 511 g/mol. The maximum Gasteiger partial charge on any atom is 0.339 e. The van der Waals surface area contributed by atoms with Gasteiger partial charge in [-0.3, -0.25) is 19.3 Å². The Labute approximate surface area is 196 Å². The smallest absolute Gasteiger partial charge is 0.339 e. The van der Waals surface area contributed by atoms with E-state index < -0.39 is 43.3 Å². The predicted molar refractivity (Wildman–Crippen MR) is 132 cm³/mol. The molecule has 176 valence electrons. The zero-order valence-corrected chi connectivity index (χ0v) is 20.1. The first-order chi connectivity index (χ1) is 15.6. The van der Waals surface area contributed by atoms with E-state index in [0.29, 0.717) is 4.88 Å². The lowest BCUT2D eigenvalue weighted by Crippen LogP contribution is -2.34. The van der Waals surface area contributed by atoms with Gasteiger partial charge in [0.05, 0.1) is 20.4 Å². The van der Waals surface area contributed by atoms with Gasteiger partial charge in [-0.15, -0.1) is 11.3 Å². The zero-order valence-electron chi connectivity index (χ0n) is 17.6. The van der Waals surface area contributed by atoms with Gasteiger partial charge in [-0.05, 0) is 35.7 Å². The summed E-state index contributed by atoms with van der Waals surface area (Å²) in [6.07, 6.45) is 0. The summed E-state index contributed by atoms with van der Waals surface area (Å²) in [6.45, 7) is 7.17. The number of aliphatic carboxylic acids is 2. The van der Waals surface area contributed by atoms with Crippen molar-refractivity contribution in [1.82, 2.24) is 5.32 Å². The average molecular weight is 512 g/mol. The second kappa shape index (κ2) is 8.57. The van der Waals surface area contributed by atoms with Gasteiger partial charge in [0.15, 0.2) is 0 Å². The van der Waals surface area contributed by atoms with Gasteiger partial charge in [0.1, 0.15) is 5.57 Å². The van der Waals surface area contributed by atoms with Crippen molar-refractivity contribution in [3.63, 3.8) is 0 Å². The summed E-state index contributed by atoms with van der Waals surface area (Å²) in [6, 6.07) is 5.83. The Kier molecular flexibility index (Phi) is 6.33. The quantitative estimate of drug-likeness (QED) is 0.171. The second-order valence-electron chi connectivity index (χ2n) is 7.11. The molecule has 0 saturated carbocycles. The maximum absolute atomic E-state index is 13.0. The zero-order chi connectivity index (χ0) is 24.6. The van der Waals surface area contributed by atoms with E-state index in [4.69, 9.17) is 0 Å². The molecule has 3 N–H and O–H groups in total. The van der Waals surface area contributed by atoms with Crippen molar-refractivity contribution in [1.29, 1.82) is 0 Å². The van der Waals surface area contributed by atoms with Crippen molar-refractivity contribution >= 4 is 66.5 Å². The van der Waals surface area contributed by atoms with Crippen LogP contribution in [0, 0.1) is 10.1 Å². The molecule has 33 heavy (non-hydrogen) atoms. The minimum Gasteiger partial charge on any atom is -0.478 e. The molecule has 10 nitrogen and oxygen atoms in total. The first kappa shape index (κ1) is 24.4. The minimum atomic E-state index is -4.09. The van der Waals surface area contributed by atoms with Gasteiger partial charge in [0.25, 0.3) is 5.91 Å². The molecule has 2 aromatic rings. The van der Waals surface area contributed by atoms with Crippen LogP contribution in [0.25, 0.3) is 4.91 Å². The molecule has 0 fully saturated rings. The number of amides is 1. The molecule has 3 heterocycles. The van der Waals surface area contributed by atoms with Crippen LogP contribution in [0.15, 0.2) is 50.2 Å². The van der Waals surface area contributed by atoms with Gasteiger partial charge in [-0.25, -0.2) is 9.59 Å². The van der Waals surface area contributed by atoms with E-state index in [1.807, 2.05) is 0 Å². The number of carboxylic acids is 2. The number of carbonyl (C=O) groups is 3. The molecule has 0 radical (unpaired) electrons. The van der Waals surface area contributed by atoms with Crippen molar-refractivity contribution < 1.29 is 29.5 Å². The number of nitrogens with zero attached hydrogens (tertiary/aromatic N) is 2. The highest BCUT2D eigenvalue weighted by molar-refractivity contribution is 8.58. The molecule has 0 bridgehead atoms. The van der Waals surface area contributed by atoms with E-state index >= 15 is 0 Å². The Hall–Kier alpha value is -3.29. The van der Waals surface area contributed by atoms with Crippen molar-refractivity contribution in [3.8, 4) is 0 Å². The molecule has 1 aliphatic rings. The third-order valence-electron chi connectivity index (χ3n) is 5.89. The highest BCUT2D eigenvalue weighted by Crippen LogP contribution is 2.87. The third-order valence-corrected chi connectivity index (χ3v) is 14.3. The van der Waals surface area contributed by atoms with Crippen molar-refractivity contribution in [2.75, 3.05) is 11.5 Å². The fraction of sp³-hybridized carbons (Fsp3) is 0.200. The molecular formula is C20H21N3O7S3. The van der Waals surface area contributed by atoms with Gasteiger partial charge in [0, 0.05) is 15.8 Å². The van der Waals surface area contributed by atoms with E-state index in [1.165, 1.54) is 12.1 Å². The summed E-state index contributed by atoms with van der Waals surface area (Å²) in [5.74, 6) is -3.34. The molecule has 0 spiro atoms.